The van der Waals surface area contributed by atoms with Crippen molar-refractivity contribution in [3.05, 3.63) is 22.2 Å². The summed E-state index contributed by atoms with van der Waals surface area (Å²) >= 11 is 5.76. The van der Waals surface area contributed by atoms with Gasteiger partial charge in [0.15, 0.2) is 0 Å². The Balaban J connectivity index is 2.49. The van der Waals surface area contributed by atoms with Gasteiger partial charge in [-0.25, -0.2) is 4.79 Å². The molecule has 5 heteroatoms. The number of halogens is 1. The maximum absolute atomic E-state index is 11.7. The summed E-state index contributed by atoms with van der Waals surface area (Å²) in [4.78, 5) is 11.7. The molecule has 0 aromatic heterocycles. The number of carbonyl (C=O) groups excluding carboxylic acids is 1. The first-order valence-corrected chi connectivity index (χ1v) is 5.86. The molecular weight excluding hydrogens is 244 g/mol. The van der Waals surface area contributed by atoms with E-state index in [2.05, 4.69) is 0 Å². The molecular formula is C12H13ClO4. The summed E-state index contributed by atoms with van der Waals surface area (Å²) in [5.41, 5.74) is 0.406. The van der Waals surface area contributed by atoms with E-state index in [0.717, 1.165) is 18.9 Å². The number of hydrogen-bond acceptors (Lipinski definition) is 4. The molecule has 0 bridgehead atoms. The number of ether oxygens (including phenoxy) is 1. The first-order chi connectivity index (χ1) is 8.04. The zero-order valence-electron chi connectivity index (χ0n) is 9.36. The molecule has 0 aliphatic carbocycles. The molecule has 0 unspecified atom stereocenters. The van der Waals surface area contributed by atoms with Gasteiger partial charge in [0.25, 0.3) is 0 Å². The fraction of sp³-hybridized carbons (Fsp3) is 0.417. The van der Waals surface area contributed by atoms with Crippen LogP contribution in [0.5, 0.6) is 11.5 Å². The molecule has 1 aliphatic rings. The van der Waals surface area contributed by atoms with Gasteiger partial charge in [-0.05, 0) is 6.42 Å². The van der Waals surface area contributed by atoms with Gasteiger partial charge in [0.05, 0.1) is 5.02 Å². The quantitative estimate of drug-likeness (QED) is 0.631. The Morgan fingerprint density at radius 2 is 2.24 bits per heavy atom. The fourth-order valence-electron chi connectivity index (χ4n) is 2.07. The van der Waals surface area contributed by atoms with Crippen LogP contribution >= 0.6 is 11.6 Å². The second-order valence-electron chi connectivity index (χ2n) is 4.10. The van der Waals surface area contributed by atoms with Crippen molar-refractivity contribution in [2.45, 2.75) is 32.3 Å². The van der Waals surface area contributed by atoms with Gasteiger partial charge in [-0.2, -0.15) is 0 Å². The molecule has 17 heavy (non-hydrogen) atoms. The standard InChI is InChI=1S/C12H13ClO4/c1-2-3-6-4-7-10(12(16)17-6)9(14)5-8(13)11(7)15/h5-6,14-15H,2-4H2,1H3/t6-/m1/s1. The zero-order valence-corrected chi connectivity index (χ0v) is 10.1. The second-order valence-corrected chi connectivity index (χ2v) is 4.51. The van der Waals surface area contributed by atoms with Crippen molar-refractivity contribution in [3.63, 3.8) is 0 Å². The van der Waals surface area contributed by atoms with Crippen LogP contribution in [0.15, 0.2) is 6.07 Å². The van der Waals surface area contributed by atoms with Crippen molar-refractivity contribution in [1.29, 1.82) is 0 Å². The maximum Gasteiger partial charge on any atom is 0.342 e. The minimum absolute atomic E-state index is 0.0271. The third kappa shape index (κ3) is 2.05. The van der Waals surface area contributed by atoms with Gasteiger partial charge in [0.2, 0.25) is 0 Å². The highest BCUT2D eigenvalue weighted by atomic mass is 35.5. The third-order valence-electron chi connectivity index (χ3n) is 2.85. The Kier molecular flexibility index (Phi) is 3.15. The van der Waals surface area contributed by atoms with Crippen LogP contribution < -0.4 is 0 Å². The highest BCUT2D eigenvalue weighted by Crippen LogP contribution is 2.40. The van der Waals surface area contributed by atoms with Crippen LogP contribution in [0.3, 0.4) is 0 Å². The van der Waals surface area contributed by atoms with Crippen LogP contribution in [-0.4, -0.2) is 22.3 Å². The molecule has 1 aromatic rings. The molecule has 92 valence electrons. The van der Waals surface area contributed by atoms with Gasteiger partial charge < -0.3 is 14.9 Å². The topological polar surface area (TPSA) is 66.8 Å². The van der Waals surface area contributed by atoms with Crippen molar-refractivity contribution < 1.29 is 19.7 Å². The molecule has 0 fully saturated rings. The largest absolute Gasteiger partial charge is 0.507 e. The smallest absolute Gasteiger partial charge is 0.342 e. The van der Waals surface area contributed by atoms with Crippen molar-refractivity contribution in [3.8, 4) is 11.5 Å². The molecule has 2 N–H and O–H groups in total. The van der Waals surface area contributed by atoms with Crippen molar-refractivity contribution in [2.75, 3.05) is 0 Å². The van der Waals surface area contributed by atoms with Gasteiger partial charge in [0.1, 0.15) is 23.2 Å². The molecule has 4 nitrogen and oxygen atoms in total. The Labute approximate surface area is 104 Å². The SMILES string of the molecule is CCC[C@@H]1Cc2c(O)c(Cl)cc(O)c2C(=O)O1. The predicted molar refractivity (Wildman–Crippen MR) is 62.6 cm³/mol. The van der Waals surface area contributed by atoms with E-state index < -0.39 is 5.97 Å². The van der Waals surface area contributed by atoms with Gasteiger partial charge in [-0.1, -0.05) is 24.9 Å². The van der Waals surface area contributed by atoms with E-state index in [1.54, 1.807) is 0 Å². The molecule has 1 atom stereocenters. The number of benzene rings is 1. The maximum atomic E-state index is 11.7. The van der Waals surface area contributed by atoms with Crippen molar-refractivity contribution in [2.24, 2.45) is 0 Å². The average Bonchev–Trinajstić information content (AvgIpc) is 2.25. The van der Waals surface area contributed by atoms with Crippen LogP contribution in [0.4, 0.5) is 0 Å². The lowest BCUT2D eigenvalue weighted by Gasteiger charge is -2.25. The van der Waals surface area contributed by atoms with Crippen LogP contribution in [0.1, 0.15) is 35.7 Å². The normalized spacial score (nSPS) is 18.7. The lowest BCUT2D eigenvalue weighted by atomic mass is 9.95. The number of rotatable bonds is 2. The van der Waals surface area contributed by atoms with E-state index in [9.17, 15) is 15.0 Å². The van der Waals surface area contributed by atoms with Crippen LogP contribution in [0.2, 0.25) is 5.02 Å². The number of hydrogen-bond donors (Lipinski definition) is 2. The molecule has 0 spiro atoms. The van der Waals surface area contributed by atoms with Gasteiger partial charge in [-0.3, -0.25) is 0 Å². The number of phenolic OH excluding ortho intramolecular Hbond substituents is 2. The lowest BCUT2D eigenvalue weighted by Crippen LogP contribution is -2.27. The number of carbonyl (C=O) groups is 1. The van der Waals surface area contributed by atoms with E-state index >= 15 is 0 Å². The summed E-state index contributed by atoms with van der Waals surface area (Å²) in [6.45, 7) is 1.98. The van der Waals surface area contributed by atoms with Crippen LogP contribution in [-0.2, 0) is 11.2 Å². The summed E-state index contributed by atoms with van der Waals surface area (Å²) in [6, 6.07) is 1.15. The molecule has 0 radical (unpaired) electrons. The number of esters is 1. The summed E-state index contributed by atoms with van der Waals surface area (Å²) in [7, 11) is 0. The predicted octanol–water partition coefficient (Wildman–Crippen LogP) is 2.63. The number of cyclic esters (lactones) is 1. The van der Waals surface area contributed by atoms with E-state index in [-0.39, 0.29) is 28.2 Å². The fourth-order valence-corrected chi connectivity index (χ4v) is 2.28. The first-order valence-electron chi connectivity index (χ1n) is 5.48. The first kappa shape index (κ1) is 12.0. The Morgan fingerprint density at radius 3 is 2.88 bits per heavy atom. The van der Waals surface area contributed by atoms with Crippen molar-refractivity contribution in [1.82, 2.24) is 0 Å². The highest BCUT2D eigenvalue weighted by molar-refractivity contribution is 6.32. The number of fused-ring (bicyclic) bond motifs is 1. The number of phenols is 2. The molecule has 0 saturated carbocycles. The minimum atomic E-state index is -0.603. The van der Waals surface area contributed by atoms with Gasteiger partial charge >= 0.3 is 5.97 Å². The Hall–Kier alpha value is -1.42. The molecule has 1 aromatic carbocycles. The van der Waals surface area contributed by atoms with E-state index in [0.29, 0.717) is 12.0 Å². The van der Waals surface area contributed by atoms with E-state index in [1.807, 2.05) is 6.92 Å². The molecule has 0 saturated heterocycles. The summed E-state index contributed by atoms with van der Waals surface area (Å²) in [5, 5.41) is 19.5. The monoisotopic (exact) mass is 256 g/mol. The third-order valence-corrected chi connectivity index (χ3v) is 3.14. The summed E-state index contributed by atoms with van der Waals surface area (Å²) in [5.74, 6) is -0.992. The Bertz CT molecular complexity index is 470. The Morgan fingerprint density at radius 1 is 1.53 bits per heavy atom. The van der Waals surface area contributed by atoms with Crippen molar-refractivity contribution >= 4 is 17.6 Å². The lowest BCUT2D eigenvalue weighted by molar-refractivity contribution is 0.0229. The molecule has 2 rings (SSSR count). The highest BCUT2D eigenvalue weighted by Gasteiger charge is 2.31. The summed E-state index contributed by atoms with van der Waals surface area (Å²) < 4.78 is 5.18. The summed E-state index contributed by atoms with van der Waals surface area (Å²) in [6.07, 6.45) is 1.72. The molecule has 1 heterocycles. The molecule has 0 amide bonds. The van der Waals surface area contributed by atoms with E-state index in [1.165, 1.54) is 0 Å². The van der Waals surface area contributed by atoms with Gasteiger partial charge in [-0.15, -0.1) is 0 Å². The van der Waals surface area contributed by atoms with Gasteiger partial charge in [0, 0.05) is 18.1 Å². The van der Waals surface area contributed by atoms with Crippen LogP contribution in [0, 0.1) is 0 Å². The van der Waals surface area contributed by atoms with E-state index in [4.69, 9.17) is 16.3 Å². The minimum Gasteiger partial charge on any atom is -0.507 e. The number of aromatic hydroxyl groups is 2. The zero-order chi connectivity index (χ0) is 12.6. The average molecular weight is 257 g/mol. The van der Waals surface area contributed by atoms with Crippen LogP contribution in [0.25, 0.3) is 0 Å². The molecule has 1 aliphatic heterocycles. The second kappa shape index (κ2) is 4.45.